The lowest BCUT2D eigenvalue weighted by molar-refractivity contribution is 0.303. The van der Waals surface area contributed by atoms with Crippen LogP contribution in [0.15, 0.2) is 0 Å². The molecule has 1 aliphatic heterocycles. The van der Waals surface area contributed by atoms with E-state index in [2.05, 4.69) is 9.50 Å². The first-order valence-corrected chi connectivity index (χ1v) is 5.55. The molecule has 1 heterocycles. The van der Waals surface area contributed by atoms with Gasteiger partial charge in [0.2, 0.25) is 5.50 Å². The second-order valence-electron chi connectivity index (χ2n) is 1.93. The van der Waals surface area contributed by atoms with Crippen molar-refractivity contribution in [3.8, 4) is 0 Å². The molecule has 1 fully saturated rings. The Bertz CT molecular complexity index is 319. The molecule has 0 aromatic rings. The molecule has 0 aromatic carbocycles. The molecule has 1 rings (SSSR count). The lowest BCUT2D eigenvalue weighted by Gasteiger charge is -1.96. The average molecular weight is 206 g/mol. The molecule has 66 valence electrons. The van der Waals surface area contributed by atoms with Crippen LogP contribution in [-0.4, -0.2) is 29.5 Å². The van der Waals surface area contributed by atoms with Crippen LogP contribution in [0, 0.1) is 0 Å². The Morgan fingerprint density at radius 2 is 1.64 bits per heavy atom. The van der Waals surface area contributed by atoms with Crippen molar-refractivity contribution in [1.29, 1.82) is 0 Å². The zero-order valence-electron chi connectivity index (χ0n) is 5.07. The maximum absolute atomic E-state index is 12.4. The van der Waals surface area contributed by atoms with Gasteiger partial charge in [-0.2, -0.15) is 12.0 Å². The van der Waals surface area contributed by atoms with E-state index in [4.69, 9.17) is 0 Å². The number of alkyl halides is 2. The van der Waals surface area contributed by atoms with E-state index in [9.17, 15) is 21.4 Å². The fourth-order valence-electron chi connectivity index (χ4n) is 0.530. The second-order valence-corrected chi connectivity index (χ2v) is 5.68. The molecular weight excluding hydrogens is 202 g/mol. The highest BCUT2D eigenvalue weighted by Gasteiger charge is 2.50. The van der Waals surface area contributed by atoms with Gasteiger partial charge >= 0.3 is 10.1 Å². The second kappa shape index (κ2) is 2.14. The van der Waals surface area contributed by atoms with E-state index in [1.807, 2.05) is 0 Å². The summed E-state index contributed by atoms with van der Waals surface area (Å²) in [5, 5.41) is 0. The van der Waals surface area contributed by atoms with Crippen LogP contribution in [0.2, 0.25) is 0 Å². The van der Waals surface area contributed by atoms with Gasteiger partial charge in [0.05, 0.1) is 0 Å². The average Bonchev–Trinajstić information content (AvgIpc) is 1.91. The molecule has 0 spiro atoms. The fourth-order valence-corrected chi connectivity index (χ4v) is 3.92. The summed E-state index contributed by atoms with van der Waals surface area (Å²) >= 11 is 0. The quantitative estimate of drug-likeness (QED) is 0.504. The molecular formula is C3H4F2O4S2. The normalized spacial score (nSPS) is 49.3. The summed E-state index contributed by atoms with van der Waals surface area (Å²) < 4.78 is 59.5. The maximum Gasteiger partial charge on any atom is 0.316 e. The Kier molecular flexibility index (Phi) is 1.73. The molecule has 0 amide bonds. The molecule has 0 saturated carbocycles. The Labute approximate surface area is 62.5 Å². The van der Waals surface area contributed by atoms with E-state index in [-0.39, 0.29) is 0 Å². The van der Waals surface area contributed by atoms with Crippen LogP contribution in [0.25, 0.3) is 0 Å². The molecule has 0 aliphatic carbocycles. The van der Waals surface area contributed by atoms with E-state index in [1.54, 1.807) is 0 Å². The van der Waals surface area contributed by atoms with Crippen LogP contribution in [0.5, 0.6) is 0 Å². The van der Waals surface area contributed by atoms with Gasteiger partial charge in [-0.25, -0.2) is 13.0 Å². The minimum absolute atomic E-state index is 2.61. The fraction of sp³-hybridized carbons (Fsp3) is 0.667. The highest BCUT2D eigenvalue weighted by atomic mass is 32.3. The molecule has 4 nitrogen and oxygen atoms in total. The van der Waals surface area contributed by atoms with Crippen LogP contribution in [0.4, 0.5) is 8.78 Å². The lowest BCUT2D eigenvalue weighted by Crippen LogP contribution is -2.19. The third kappa shape index (κ3) is 1.25. The van der Waals surface area contributed by atoms with Gasteiger partial charge in [0.25, 0.3) is 5.50 Å². The maximum atomic E-state index is 12.4. The predicted molar refractivity (Wildman–Crippen MR) is 35.1 cm³/mol. The van der Waals surface area contributed by atoms with Crippen LogP contribution < -0.4 is 0 Å². The largest absolute Gasteiger partial charge is 0.316 e. The first-order chi connectivity index (χ1) is 4.77. The minimum Gasteiger partial charge on any atom is -0.237 e. The van der Waals surface area contributed by atoms with Crippen molar-refractivity contribution in [1.82, 2.24) is 0 Å². The number of hydrogen-bond donors (Lipinski definition) is 0. The summed E-state index contributed by atoms with van der Waals surface area (Å²) in [5.41, 5.74) is -5.57. The molecule has 3 unspecified atom stereocenters. The molecule has 11 heavy (non-hydrogen) atoms. The van der Waals surface area contributed by atoms with Crippen molar-refractivity contribution in [2.45, 2.75) is 11.0 Å². The van der Waals surface area contributed by atoms with Gasteiger partial charge in [-0.1, -0.05) is 0 Å². The number of hydrogen-bond acceptors (Lipinski definition) is 4. The van der Waals surface area contributed by atoms with Crippen molar-refractivity contribution in [3.63, 3.8) is 0 Å². The van der Waals surface area contributed by atoms with Crippen LogP contribution in [0.1, 0.15) is 0 Å². The predicted octanol–water partition coefficient (Wildman–Crippen LogP) is -0.431. The van der Waals surface area contributed by atoms with Crippen LogP contribution in [-0.2, 0) is 23.6 Å². The highest BCUT2D eigenvalue weighted by Crippen LogP contribution is 2.29. The minimum atomic E-state index is -4.66. The van der Waals surface area contributed by atoms with Gasteiger partial charge in [-0.05, 0) is 5.87 Å². The third-order valence-electron chi connectivity index (χ3n) is 1.03. The summed E-state index contributed by atoms with van der Waals surface area (Å²) in [6, 6.07) is 0. The SMILES string of the molecule is C=S1(=O)OS(=O)(=O)C(F)C1F. The van der Waals surface area contributed by atoms with E-state index >= 15 is 0 Å². The molecule has 1 aliphatic rings. The van der Waals surface area contributed by atoms with Gasteiger partial charge in [0.1, 0.15) is 9.80 Å². The van der Waals surface area contributed by atoms with Crippen LogP contribution in [0.3, 0.4) is 0 Å². The van der Waals surface area contributed by atoms with E-state index in [0.717, 1.165) is 0 Å². The first kappa shape index (κ1) is 8.88. The number of halogens is 2. The molecule has 0 radical (unpaired) electrons. The van der Waals surface area contributed by atoms with Gasteiger partial charge in [-0.15, -0.1) is 0 Å². The first-order valence-electron chi connectivity index (χ1n) is 2.36. The monoisotopic (exact) mass is 206 g/mol. The van der Waals surface area contributed by atoms with Crippen LogP contribution >= 0.6 is 0 Å². The summed E-state index contributed by atoms with van der Waals surface area (Å²) in [4.78, 5) is 0. The topological polar surface area (TPSA) is 60.4 Å². The van der Waals surface area contributed by atoms with Crippen molar-refractivity contribution in [2.75, 3.05) is 0 Å². The van der Waals surface area contributed by atoms with Gasteiger partial charge in [0.15, 0.2) is 0 Å². The van der Waals surface area contributed by atoms with Crippen molar-refractivity contribution >= 4 is 25.8 Å². The molecule has 0 aromatic heterocycles. The summed E-state index contributed by atoms with van der Waals surface area (Å²) in [7, 11) is -8.57. The third-order valence-corrected chi connectivity index (χ3v) is 4.60. The van der Waals surface area contributed by atoms with Gasteiger partial charge < -0.3 is 0 Å². The Balaban J connectivity index is 3.27. The van der Waals surface area contributed by atoms with Crippen molar-refractivity contribution in [2.24, 2.45) is 0 Å². The van der Waals surface area contributed by atoms with E-state index in [1.165, 1.54) is 0 Å². The summed E-state index contributed by atoms with van der Waals surface area (Å²) in [6.45, 7) is 0. The van der Waals surface area contributed by atoms with Crippen molar-refractivity contribution in [3.05, 3.63) is 0 Å². The standard InChI is InChI=1S/C3H4F2O4S2/c1-10(6)2(4)3(5)11(7,8)9-10/h2-3H,1H2. The van der Waals surface area contributed by atoms with E-state index < -0.39 is 30.9 Å². The number of rotatable bonds is 0. The Morgan fingerprint density at radius 1 is 1.18 bits per heavy atom. The van der Waals surface area contributed by atoms with Crippen molar-refractivity contribution < 1.29 is 25.0 Å². The zero-order valence-corrected chi connectivity index (χ0v) is 6.70. The summed E-state index contributed by atoms with van der Waals surface area (Å²) in [6.07, 6.45) is 0. The highest BCUT2D eigenvalue weighted by molar-refractivity contribution is 8.08. The zero-order chi connectivity index (χ0) is 8.86. The molecule has 0 bridgehead atoms. The molecule has 3 atom stereocenters. The molecule has 0 N–H and O–H groups in total. The molecule has 8 heteroatoms. The van der Waals surface area contributed by atoms with E-state index in [0.29, 0.717) is 0 Å². The Hall–Kier alpha value is -0.210. The molecule has 1 saturated heterocycles. The Morgan fingerprint density at radius 3 is 1.73 bits per heavy atom. The summed E-state index contributed by atoms with van der Waals surface area (Å²) in [5.74, 6) is 2.61. The van der Waals surface area contributed by atoms with Gasteiger partial charge in [0, 0.05) is 0 Å². The van der Waals surface area contributed by atoms with Gasteiger partial charge in [-0.3, -0.25) is 0 Å². The smallest absolute Gasteiger partial charge is 0.237 e. The lowest BCUT2D eigenvalue weighted by atomic mass is 10.8.